The lowest BCUT2D eigenvalue weighted by molar-refractivity contribution is -0.138. The summed E-state index contributed by atoms with van der Waals surface area (Å²) >= 11 is 1.78. The van der Waals surface area contributed by atoms with Crippen LogP contribution in [-0.4, -0.2) is 34.2 Å². The number of carboxylic acid groups (broad SMARTS) is 1. The highest BCUT2D eigenvalue weighted by Gasteiger charge is 2.36. The molecule has 1 aromatic carbocycles. The Hall–Kier alpha value is -1.69. The smallest absolute Gasteiger partial charge is 0.407 e. The quantitative estimate of drug-likeness (QED) is 0.874. The van der Waals surface area contributed by atoms with Gasteiger partial charge in [-0.1, -0.05) is 30.3 Å². The molecule has 2 N–H and O–H groups in total. The van der Waals surface area contributed by atoms with E-state index in [9.17, 15) is 9.59 Å². The molecule has 1 heterocycles. The molecule has 6 heteroatoms. The molecule has 1 aliphatic heterocycles. The molecule has 1 fully saturated rings. The lowest BCUT2D eigenvalue weighted by Gasteiger charge is -2.36. The number of hydrogen-bond donors (Lipinski definition) is 2. The fourth-order valence-electron chi connectivity index (χ4n) is 2.37. The van der Waals surface area contributed by atoms with Crippen molar-refractivity contribution in [1.29, 1.82) is 0 Å². The molecule has 1 amide bonds. The average Bonchev–Trinajstić information content (AvgIpc) is 2.46. The molecule has 0 radical (unpaired) electrons. The highest BCUT2D eigenvalue weighted by molar-refractivity contribution is 7.99. The highest BCUT2D eigenvalue weighted by atomic mass is 32.2. The lowest BCUT2D eigenvalue weighted by Crippen LogP contribution is -2.52. The SMILES string of the molecule is O=C(O)CC1(NC(=O)OCc2ccccc2)CCSCC1. The van der Waals surface area contributed by atoms with Gasteiger partial charge in [0.25, 0.3) is 0 Å². The van der Waals surface area contributed by atoms with Gasteiger partial charge in [-0.05, 0) is 29.9 Å². The van der Waals surface area contributed by atoms with Crippen LogP contribution in [0.1, 0.15) is 24.8 Å². The van der Waals surface area contributed by atoms with Crippen molar-refractivity contribution < 1.29 is 19.4 Å². The fourth-order valence-corrected chi connectivity index (χ4v) is 3.65. The standard InChI is InChI=1S/C15H19NO4S/c17-13(18)10-15(6-8-21-9-7-15)16-14(19)20-11-12-4-2-1-3-5-12/h1-5H,6-11H2,(H,16,19)(H,17,18). The predicted octanol–water partition coefficient (Wildman–Crippen LogP) is 2.65. The minimum absolute atomic E-state index is 0.0615. The number of alkyl carbamates (subject to hydrolysis) is 1. The maximum absolute atomic E-state index is 11.9. The summed E-state index contributed by atoms with van der Waals surface area (Å²) in [5.41, 5.74) is 0.226. The molecule has 2 rings (SSSR count). The van der Waals surface area contributed by atoms with Crippen molar-refractivity contribution >= 4 is 23.8 Å². The monoisotopic (exact) mass is 309 g/mol. The number of benzene rings is 1. The Morgan fingerprint density at radius 1 is 1.24 bits per heavy atom. The molecule has 0 atom stereocenters. The molecule has 114 valence electrons. The molecular formula is C15H19NO4S. The molecule has 0 saturated carbocycles. The fraction of sp³-hybridized carbons (Fsp3) is 0.467. The van der Waals surface area contributed by atoms with Crippen LogP contribution < -0.4 is 5.32 Å². The van der Waals surface area contributed by atoms with Crippen LogP contribution in [0.4, 0.5) is 4.79 Å². The van der Waals surface area contributed by atoms with Gasteiger partial charge in [0.2, 0.25) is 0 Å². The van der Waals surface area contributed by atoms with E-state index < -0.39 is 17.6 Å². The number of aliphatic carboxylic acids is 1. The van der Waals surface area contributed by atoms with Crippen LogP contribution in [0, 0.1) is 0 Å². The van der Waals surface area contributed by atoms with Crippen LogP contribution in [0.3, 0.4) is 0 Å². The zero-order valence-electron chi connectivity index (χ0n) is 11.7. The molecule has 0 aromatic heterocycles. The first-order valence-electron chi connectivity index (χ1n) is 6.88. The molecule has 1 saturated heterocycles. The third-order valence-corrected chi connectivity index (χ3v) is 4.51. The molecule has 1 aromatic rings. The first-order chi connectivity index (χ1) is 10.1. The third-order valence-electron chi connectivity index (χ3n) is 3.52. The first-order valence-corrected chi connectivity index (χ1v) is 8.04. The Bertz CT molecular complexity index is 486. The van der Waals surface area contributed by atoms with Crippen LogP contribution >= 0.6 is 11.8 Å². The van der Waals surface area contributed by atoms with Crippen molar-refractivity contribution in [3.63, 3.8) is 0 Å². The summed E-state index contributed by atoms with van der Waals surface area (Å²) in [4.78, 5) is 23.0. The number of carbonyl (C=O) groups excluding carboxylic acids is 1. The number of hydrogen-bond acceptors (Lipinski definition) is 4. The van der Waals surface area contributed by atoms with Crippen molar-refractivity contribution in [2.45, 2.75) is 31.4 Å². The van der Waals surface area contributed by atoms with E-state index in [1.807, 2.05) is 30.3 Å². The Morgan fingerprint density at radius 3 is 2.52 bits per heavy atom. The summed E-state index contributed by atoms with van der Waals surface area (Å²) in [6.07, 6.45) is 0.704. The Kier molecular flexibility index (Phi) is 5.50. The van der Waals surface area contributed by atoms with Crippen LogP contribution in [0.15, 0.2) is 30.3 Å². The minimum Gasteiger partial charge on any atom is -0.481 e. The zero-order chi connectivity index (χ0) is 15.1. The van der Waals surface area contributed by atoms with E-state index in [1.165, 1.54) is 0 Å². The third kappa shape index (κ3) is 4.97. The Labute approximate surface area is 128 Å². The van der Waals surface area contributed by atoms with Gasteiger partial charge in [0.05, 0.1) is 12.0 Å². The van der Waals surface area contributed by atoms with Gasteiger partial charge in [0.1, 0.15) is 6.61 Å². The van der Waals surface area contributed by atoms with Gasteiger partial charge in [-0.15, -0.1) is 0 Å². The molecule has 5 nitrogen and oxygen atoms in total. The van der Waals surface area contributed by atoms with E-state index >= 15 is 0 Å². The summed E-state index contributed by atoms with van der Waals surface area (Å²) in [6, 6.07) is 9.39. The van der Waals surface area contributed by atoms with Gasteiger partial charge in [0, 0.05) is 0 Å². The van der Waals surface area contributed by atoms with Gasteiger partial charge in [-0.25, -0.2) is 4.79 Å². The molecule has 1 aliphatic rings. The van der Waals surface area contributed by atoms with Gasteiger partial charge in [-0.2, -0.15) is 11.8 Å². The van der Waals surface area contributed by atoms with Gasteiger partial charge in [0.15, 0.2) is 0 Å². The lowest BCUT2D eigenvalue weighted by atomic mass is 9.88. The summed E-state index contributed by atoms with van der Waals surface area (Å²) in [5.74, 6) is 0.809. The number of nitrogens with one attached hydrogen (secondary N) is 1. The summed E-state index contributed by atoms with van der Waals surface area (Å²) in [6.45, 7) is 0.185. The summed E-state index contributed by atoms with van der Waals surface area (Å²) < 4.78 is 5.19. The Morgan fingerprint density at radius 2 is 1.90 bits per heavy atom. The second-order valence-corrected chi connectivity index (χ2v) is 6.37. The van der Waals surface area contributed by atoms with E-state index in [2.05, 4.69) is 5.32 Å². The van der Waals surface area contributed by atoms with Crippen molar-refractivity contribution in [2.75, 3.05) is 11.5 Å². The number of carbonyl (C=O) groups is 2. The molecule has 0 unspecified atom stereocenters. The van der Waals surface area contributed by atoms with Crippen LogP contribution in [0.25, 0.3) is 0 Å². The number of thioether (sulfide) groups is 1. The normalized spacial score (nSPS) is 17.0. The van der Waals surface area contributed by atoms with Gasteiger partial charge < -0.3 is 15.2 Å². The highest BCUT2D eigenvalue weighted by Crippen LogP contribution is 2.30. The molecular weight excluding hydrogens is 290 g/mol. The molecule has 0 bridgehead atoms. The largest absolute Gasteiger partial charge is 0.481 e. The number of amides is 1. The number of carboxylic acids is 1. The maximum Gasteiger partial charge on any atom is 0.407 e. The summed E-state index contributed by atoms with van der Waals surface area (Å²) in [7, 11) is 0. The average molecular weight is 309 g/mol. The van der Waals surface area contributed by atoms with Crippen LogP contribution in [0.5, 0.6) is 0 Å². The van der Waals surface area contributed by atoms with E-state index in [-0.39, 0.29) is 13.0 Å². The van der Waals surface area contributed by atoms with Gasteiger partial charge >= 0.3 is 12.1 Å². The van der Waals surface area contributed by atoms with Crippen LogP contribution in [-0.2, 0) is 16.1 Å². The zero-order valence-corrected chi connectivity index (χ0v) is 12.5. The van der Waals surface area contributed by atoms with E-state index in [1.54, 1.807) is 11.8 Å². The van der Waals surface area contributed by atoms with Crippen molar-refractivity contribution in [3.8, 4) is 0 Å². The minimum atomic E-state index is -0.898. The van der Waals surface area contributed by atoms with E-state index in [4.69, 9.17) is 9.84 Å². The van der Waals surface area contributed by atoms with Crippen LogP contribution in [0.2, 0.25) is 0 Å². The van der Waals surface area contributed by atoms with Crippen molar-refractivity contribution in [1.82, 2.24) is 5.32 Å². The maximum atomic E-state index is 11.9. The van der Waals surface area contributed by atoms with Gasteiger partial charge in [-0.3, -0.25) is 4.79 Å². The molecule has 0 spiro atoms. The topological polar surface area (TPSA) is 75.6 Å². The van der Waals surface area contributed by atoms with E-state index in [0.717, 1.165) is 17.1 Å². The predicted molar refractivity (Wildman–Crippen MR) is 81.3 cm³/mol. The van der Waals surface area contributed by atoms with Crippen molar-refractivity contribution in [3.05, 3.63) is 35.9 Å². The molecule has 0 aliphatic carbocycles. The number of rotatable bonds is 5. The second-order valence-electron chi connectivity index (χ2n) is 5.15. The van der Waals surface area contributed by atoms with E-state index in [0.29, 0.717) is 12.8 Å². The molecule has 21 heavy (non-hydrogen) atoms. The Balaban J connectivity index is 1.90. The summed E-state index contributed by atoms with van der Waals surface area (Å²) in [5, 5.41) is 11.8. The number of ether oxygens (including phenoxy) is 1. The first kappa shape index (κ1) is 15.7. The van der Waals surface area contributed by atoms with Crippen molar-refractivity contribution in [2.24, 2.45) is 0 Å². The second kappa shape index (κ2) is 7.36.